The minimum absolute atomic E-state index is 0.320. The van der Waals surface area contributed by atoms with E-state index in [4.69, 9.17) is 14.2 Å². The highest BCUT2D eigenvalue weighted by Crippen LogP contribution is 2.25. The molecule has 0 saturated carbocycles. The van der Waals surface area contributed by atoms with Crippen LogP contribution in [-0.4, -0.2) is 59.5 Å². The van der Waals surface area contributed by atoms with Crippen molar-refractivity contribution in [3.63, 3.8) is 0 Å². The van der Waals surface area contributed by atoms with Gasteiger partial charge in [0.2, 0.25) is 0 Å². The van der Waals surface area contributed by atoms with Crippen LogP contribution < -0.4 is 30.8 Å². The van der Waals surface area contributed by atoms with E-state index in [2.05, 4.69) is 29.0 Å². The SMILES string of the molecule is CCN(CC)CCOc1ccc(Nc2cc3c(cn2)c(=O)n(-c2cc(OC)cc(OC)c2)c(=O)n3CC)cc1. The monoisotopic (exact) mass is 533 g/mol. The van der Waals surface area contributed by atoms with Crippen LogP contribution in [0.1, 0.15) is 20.8 Å². The molecule has 4 rings (SSSR count). The van der Waals surface area contributed by atoms with Crippen LogP contribution in [0.4, 0.5) is 11.5 Å². The molecule has 2 aromatic heterocycles. The Morgan fingerprint density at radius 1 is 0.897 bits per heavy atom. The molecule has 0 radical (unpaired) electrons. The molecule has 39 heavy (non-hydrogen) atoms. The summed E-state index contributed by atoms with van der Waals surface area (Å²) in [6.45, 7) is 9.98. The second-order valence-electron chi connectivity index (χ2n) is 8.85. The summed E-state index contributed by atoms with van der Waals surface area (Å²) in [6.07, 6.45) is 1.49. The summed E-state index contributed by atoms with van der Waals surface area (Å²) >= 11 is 0. The lowest BCUT2D eigenvalue weighted by Crippen LogP contribution is -2.38. The first-order valence-electron chi connectivity index (χ1n) is 13.0. The molecule has 0 aliphatic heterocycles. The molecule has 0 saturated heterocycles. The van der Waals surface area contributed by atoms with Gasteiger partial charge in [-0.25, -0.2) is 14.3 Å². The third kappa shape index (κ3) is 6.06. The molecule has 0 unspecified atom stereocenters. The number of ether oxygens (including phenoxy) is 3. The van der Waals surface area contributed by atoms with Gasteiger partial charge in [-0.1, -0.05) is 13.8 Å². The smallest absolute Gasteiger partial charge is 0.336 e. The van der Waals surface area contributed by atoms with E-state index in [1.54, 1.807) is 28.8 Å². The van der Waals surface area contributed by atoms with Crippen molar-refractivity contribution in [3.8, 4) is 22.9 Å². The first-order chi connectivity index (χ1) is 18.9. The Kier molecular flexibility index (Phi) is 8.88. The van der Waals surface area contributed by atoms with Gasteiger partial charge < -0.3 is 24.4 Å². The highest BCUT2D eigenvalue weighted by molar-refractivity contribution is 5.81. The predicted molar refractivity (Wildman–Crippen MR) is 153 cm³/mol. The first-order valence-corrected chi connectivity index (χ1v) is 13.0. The predicted octanol–water partition coefficient (Wildman–Crippen LogP) is 4.05. The molecular weight excluding hydrogens is 498 g/mol. The van der Waals surface area contributed by atoms with Gasteiger partial charge >= 0.3 is 5.69 Å². The lowest BCUT2D eigenvalue weighted by atomic mass is 10.2. The molecular formula is C29H35N5O5. The molecule has 10 nitrogen and oxygen atoms in total. The summed E-state index contributed by atoms with van der Waals surface area (Å²) in [5, 5.41) is 3.57. The fourth-order valence-corrected chi connectivity index (χ4v) is 4.40. The molecule has 4 aromatic rings. The number of methoxy groups -OCH3 is 2. The van der Waals surface area contributed by atoms with Crippen LogP contribution in [0.15, 0.2) is 64.3 Å². The molecule has 0 spiro atoms. The van der Waals surface area contributed by atoms with Gasteiger partial charge in [-0.2, -0.15) is 0 Å². The van der Waals surface area contributed by atoms with E-state index in [1.165, 1.54) is 20.4 Å². The number of likely N-dealkylation sites (N-methyl/N-ethyl adjacent to an activating group) is 1. The van der Waals surface area contributed by atoms with Crippen molar-refractivity contribution in [1.82, 2.24) is 19.0 Å². The van der Waals surface area contributed by atoms with Crippen LogP contribution in [0.5, 0.6) is 17.2 Å². The molecule has 206 valence electrons. The zero-order valence-corrected chi connectivity index (χ0v) is 23.1. The van der Waals surface area contributed by atoms with Crippen molar-refractivity contribution in [3.05, 3.63) is 75.6 Å². The lowest BCUT2D eigenvalue weighted by Gasteiger charge is -2.18. The van der Waals surface area contributed by atoms with Crippen molar-refractivity contribution in [2.75, 3.05) is 45.8 Å². The Balaban J connectivity index is 1.63. The van der Waals surface area contributed by atoms with E-state index in [1.807, 2.05) is 31.2 Å². The number of anilines is 2. The van der Waals surface area contributed by atoms with E-state index < -0.39 is 11.2 Å². The number of hydrogen-bond acceptors (Lipinski definition) is 8. The number of hydrogen-bond donors (Lipinski definition) is 1. The van der Waals surface area contributed by atoms with Crippen molar-refractivity contribution in [1.29, 1.82) is 0 Å². The van der Waals surface area contributed by atoms with E-state index in [0.29, 0.717) is 47.1 Å². The third-order valence-corrected chi connectivity index (χ3v) is 6.64. The Bertz CT molecular complexity index is 1520. The van der Waals surface area contributed by atoms with Gasteiger partial charge in [-0.3, -0.25) is 9.36 Å². The minimum atomic E-state index is -0.472. The lowest BCUT2D eigenvalue weighted by molar-refractivity contribution is 0.223. The first kappa shape index (κ1) is 27.7. The molecule has 10 heteroatoms. The Labute approximate surface area is 227 Å². The van der Waals surface area contributed by atoms with E-state index in [0.717, 1.165) is 35.6 Å². The zero-order chi connectivity index (χ0) is 27.9. The van der Waals surface area contributed by atoms with Crippen molar-refractivity contribution >= 4 is 22.4 Å². The second-order valence-corrected chi connectivity index (χ2v) is 8.85. The topological polar surface area (TPSA) is 99.9 Å². The maximum atomic E-state index is 13.5. The highest BCUT2D eigenvalue weighted by atomic mass is 16.5. The fraction of sp³-hybridized carbons (Fsp3) is 0.345. The minimum Gasteiger partial charge on any atom is -0.497 e. The fourth-order valence-electron chi connectivity index (χ4n) is 4.40. The van der Waals surface area contributed by atoms with Gasteiger partial charge in [0.25, 0.3) is 5.56 Å². The van der Waals surface area contributed by atoms with E-state index in [-0.39, 0.29) is 0 Å². The number of pyridine rings is 1. The molecule has 2 heterocycles. The largest absolute Gasteiger partial charge is 0.497 e. The average molecular weight is 534 g/mol. The van der Waals surface area contributed by atoms with Crippen LogP contribution in [0, 0.1) is 0 Å². The van der Waals surface area contributed by atoms with Crippen molar-refractivity contribution in [2.45, 2.75) is 27.3 Å². The molecule has 1 N–H and O–H groups in total. The summed E-state index contributed by atoms with van der Waals surface area (Å²) in [7, 11) is 3.02. The molecule has 0 aliphatic carbocycles. The summed E-state index contributed by atoms with van der Waals surface area (Å²) in [6, 6.07) is 14.2. The van der Waals surface area contributed by atoms with Crippen LogP contribution in [0.25, 0.3) is 16.6 Å². The highest BCUT2D eigenvalue weighted by Gasteiger charge is 2.16. The summed E-state index contributed by atoms with van der Waals surface area (Å²) in [5.74, 6) is 2.24. The van der Waals surface area contributed by atoms with Gasteiger partial charge in [0, 0.05) is 49.2 Å². The number of aromatic nitrogens is 3. The molecule has 0 aliphatic rings. The number of fused-ring (bicyclic) bond motifs is 1. The Morgan fingerprint density at radius 3 is 2.15 bits per heavy atom. The van der Waals surface area contributed by atoms with Gasteiger partial charge in [-0.05, 0) is 44.3 Å². The summed E-state index contributed by atoms with van der Waals surface area (Å²) in [5.41, 5.74) is 0.716. The quantitative estimate of drug-likeness (QED) is 0.291. The Morgan fingerprint density at radius 2 is 1.56 bits per heavy atom. The van der Waals surface area contributed by atoms with Crippen LogP contribution in [-0.2, 0) is 6.54 Å². The maximum Gasteiger partial charge on any atom is 0.336 e. The van der Waals surface area contributed by atoms with Gasteiger partial charge in [0.05, 0.1) is 30.8 Å². The Hall–Kier alpha value is -4.31. The summed E-state index contributed by atoms with van der Waals surface area (Å²) in [4.78, 5) is 33.7. The zero-order valence-electron chi connectivity index (χ0n) is 23.1. The standard InChI is InChI=1S/C29H35N5O5/c1-6-32(7-2)13-14-39-22-11-9-20(10-12-22)31-27-18-26-25(19-30-27)28(35)34(29(36)33(26)8-3)21-15-23(37-4)17-24(16-21)38-5/h9-12,15-19H,6-8,13-14H2,1-5H3,(H,30,31). The summed E-state index contributed by atoms with van der Waals surface area (Å²) < 4.78 is 19.2. The van der Waals surface area contributed by atoms with E-state index in [9.17, 15) is 9.59 Å². The van der Waals surface area contributed by atoms with Crippen molar-refractivity contribution in [2.24, 2.45) is 0 Å². The number of nitrogens with zero attached hydrogens (tertiary/aromatic N) is 4. The van der Waals surface area contributed by atoms with Gasteiger partial charge in [0.15, 0.2) is 0 Å². The normalized spacial score (nSPS) is 11.1. The van der Waals surface area contributed by atoms with Crippen LogP contribution in [0.3, 0.4) is 0 Å². The van der Waals surface area contributed by atoms with E-state index >= 15 is 0 Å². The van der Waals surface area contributed by atoms with Crippen molar-refractivity contribution < 1.29 is 14.2 Å². The molecule has 0 atom stereocenters. The second kappa shape index (κ2) is 12.5. The molecule has 0 fully saturated rings. The maximum absolute atomic E-state index is 13.5. The van der Waals surface area contributed by atoms with Crippen LogP contribution >= 0.6 is 0 Å². The van der Waals surface area contributed by atoms with Gasteiger partial charge in [-0.15, -0.1) is 0 Å². The number of nitrogens with one attached hydrogen (secondary N) is 1. The third-order valence-electron chi connectivity index (χ3n) is 6.64. The number of aryl methyl sites for hydroxylation is 1. The molecule has 0 amide bonds. The number of benzene rings is 2. The average Bonchev–Trinajstić information content (AvgIpc) is 2.96. The molecule has 0 bridgehead atoms. The van der Waals surface area contributed by atoms with Gasteiger partial charge in [0.1, 0.15) is 29.7 Å². The van der Waals surface area contributed by atoms with Crippen LogP contribution in [0.2, 0.25) is 0 Å². The number of rotatable bonds is 12. The molecule has 2 aromatic carbocycles.